The van der Waals surface area contributed by atoms with Gasteiger partial charge in [-0.15, -0.1) is 0 Å². The van der Waals surface area contributed by atoms with E-state index in [1.165, 1.54) is 38.4 Å². The van der Waals surface area contributed by atoms with Gasteiger partial charge >= 0.3 is 6.18 Å². The fraction of sp³-hybridized carbons (Fsp3) is 0.630. The number of carbonyl (C=O) groups is 1. The number of halogens is 3. The Morgan fingerprint density at radius 3 is 2.20 bits per heavy atom. The summed E-state index contributed by atoms with van der Waals surface area (Å²) in [4.78, 5) is 18.5. The van der Waals surface area contributed by atoms with Crippen LogP contribution >= 0.6 is 0 Å². The SMILES string of the molecule is O=C(c1c(C2CC2)nn(-c2cccc(C(F)(F)F)c2)c1C1CC1)N1CCC(N2CCCCC2)CC1. The lowest BCUT2D eigenvalue weighted by atomic mass is 9.98. The van der Waals surface area contributed by atoms with Gasteiger partial charge in [0.05, 0.1) is 28.2 Å². The van der Waals surface area contributed by atoms with E-state index in [2.05, 4.69) is 4.90 Å². The predicted molar refractivity (Wildman–Crippen MR) is 127 cm³/mol. The monoisotopic (exact) mass is 486 g/mol. The minimum absolute atomic E-state index is 0.0316. The lowest BCUT2D eigenvalue weighted by Gasteiger charge is -2.40. The summed E-state index contributed by atoms with van der Waals surface area (Å²) in [6, 6.07) is 5.90. The van der Waals surface area contributed by atoms with E-state index < -0.39 is 11.7 Å². The van der Waals surface area contributed by atoms with Crippen LogP contribution in [0.15, 0.2) is 24.3 Å². The summed E-state index contributed by atoms with van der Waals surface area (Å²) >= 11 is 0. The maximum Gasteiger partial charge on any atom is 0.416 e. The minimum atomic E-state index is -4.42. The van der Waals surface area contributed by atoms with Gasteiger partial charge in [-0.2, -0.15) is 18.3 Å². The first-order valence-corrected chi connectivity index (χ1v) is 13.2. The Hall–Kier alpha value is -2.35. The molecule has 4 aliphatic rings. The Morgan fingerprint density at radius 2 is 1.57 bits per heavy atom. The standard InChI is InChI=1S/C27H33F3N4O/c28-27(29,30)20-5-4-6-22(17-20)34-25(19-9-10-19)23(24(31-34)18-7-8-18)26(35)33-15-11-21(12-16-33)32-13-2-1-3-14-32/h4-6,17-19,21H,1-3,7-16H2. The van der Waals surface area contributed by atoms with Crippen molar-refractivity contribution in [1.82, 2.24) is 19.6 Å². The number of nitrogens with zero attached hydrogens (tertiary/aromatic N) is 4. The molecule has 2 aliphatic carbocycles. The van der Waals surface area contributed by atoms with Gasteiger partial charge in [0.25, 0.3) is 5.91 Å². The summed E-state index contributed by atoms with van der Waals surface area (Å²) < 4.78 is 41.9. The Bertz CT molecular complexity index is 1090. The number of hydrogen-bond donors (Lipinski definition) is 0. The van der Waals surface area contributed by atoms with E-state index in [4.69, 9.17) is 5.10 Å². The van der Waals surface area contributed by atoms with E-state index in [1.807, 2.05) is 4.90 Å². The second-order valence-corrected chi connectivity index (χ2v) is 10.8. The van der Waals surface area contributed by atoms with Crippen molar-refractivity contribution in [3.8, 4) is 5.69 Å². The number of amides is 1. The van der Waals surface area contributed by atoms with Gasteiger partial charge < -0.3 is 9.80 Å². The van der Waals surface area contributed by atoms with Crippen LogP contribution in [0, 0.1) is 0 Å². The molecule has 3 heterocycles. The zero-order chi connectivity index (χ0) is 24.2. The molecule has 2 saturated carbocycles. The van der Waals surface area contributed by atoms with Gasteiger partial charge in [0.2, 0.25) is 0 Å². The van der Waals surface area contributed by atoms with Crippen molar-refractivity contribution in [2.75, 3.05) is 26.2 Å². The van der Waals surface area contributed by atoms with Crippen LogP contribution in [0.5, 0.6) is 0 Å². The van der Waals surface area contributed by atoms with Gasteiger partial charge in [0.15, 0.2) is 0 Å². The molecule has 0 unspecified atom stereocenters. The molecule has 1 aromatic heterocycles. The highest BCUT2D eigenvalue weighted by atomic mass is 19.4. The van der Waals surface area contributed by atoms with Crippen LogP contribution in [-0.4, -0.2) is 57.7 Å². The highest BCUT2D eigenvalue weighted by Crippen LogP contribution is 2.49. The maximum atomic E-state index is 13.9. The van der Waals surface area contributed by atoms with Crippen molar-refractivity contribution in [3.63, 3.8) is 0 Å². The molecule has 1 amide bonds. The molecule has 1 aromatic carbocycles. The van der Waals surface area contributed by atoms with Crippen molar-refractivity contribution in [2.24, 2.45) is 0 Å². The van der Waals surface area contributed by atoms with Crippen molar-refractivity contribution in [2.45, 2.75) is 81.8 Å². The molecular formula is C27H33F3N4O. The van der Waals surface area contributed by atoms with Crippen molar-refractivity contribution in [3.05, 3.63) is 46.8 Å². The average Bonchev–Trinajstić information content (AvgIpc) is 3.82. The molecule has 2 aliphatic heterocycles. The van der Waals surface area contributed by atoms with Gasteiger partial charge in [0.1, 0.15) is 0 Å². The molecule has 2 saturated heterocycles. The third kappa shape index (κ3) is 4.61. The number of carbonyl (C=O) groups excluding carboxylic acids is 1. The molecule has 35 heavy (non-hydrogen) atoms. The summed E-state index contributed by atoms with van der Waals surface area (Å²) in [6.45, 7) is 3.81. The van der Waals surface area contributed by atoms with Crippen LogP contribution in [0.4, 0.5) is 13.2 Å². The quantitative estimate of drug-likeness (QED) is 0.542. The minimum Gasteiger partial charge on any atom is -0.338 e. The largest absolute Gasteiger partial charge is 0.416 e. The molecule has 4 fully saturated rings. The Labute approximate surface area is 204 Å². The topological polar surface area (TPSA) is 41.4 Å². The van der Waals surface area contributed by atoms with E-state index >= 15 is 0 Å². The van der Waals surface area contributed by atoms with Crippen molar-refractivity contribution in [1.29, 1.82) is 0 Å². The summed E-state index contributed by atoms with van der Waals surface area (Å²) in [6.07, 6.45) is 5.29. The van der Waals surface area contributed by atoms with Crippen molar-refractivity contribution >= 4 is 5.91 Å². The number of alkyl halides is 3. The molecule has 0 spiro atoms. The van der Waals surface area contributed by atoms with Crippen LogP contribution in [0.3, 0.4) is 0 Å². The van der Waals surface area contributed by atoms with Crippen molar-refractivity contribution < 1.29 is 18.0 Å². The maximum absolute atomic E-state index is 13.9. The van der Waals surface area contributed by atoms with E-state index in [1.54, 1.807) is 10.7 Å². The van der Waals surface area contributed by atoms with E-state index in [0.717, 1.165) is 75.1 Å². The number of hydrogen-bond acceptors (Lipinski definition) is 3. The lowest BCUT2D eigenvalue weighted by molar-refractivity contribution is -0.137. The predicted octanol–water partition coefficient (Wildman–Crippen LogP) is 5.74. The van der Waals surface area contributed by atoms with E-state index in [9.17, 15) is 18.0 Å². The van der Waals surface area contributed by atoms with Gasteiger partial charge in [-0.05, 0) is 82.7 Å². The molecule has 0 N–H and O–H groups in total. The normalized spacial score (nSPS) is 22.5. The third-order valence-electron chi connectivity index (χ3n) is 8.17. The third-order valence-corrected chi connectivity index (χ3v) is 8.17. The zero-order valence-electron chi connectivity index (χ0n) is 20.1. The molecule has 8 heteroatoms. The highest BCUT2D eigenvalue weighted by Gasteiger charge is 2.42. The smallest absolute Gasteiger partial charge is 0.338 e. The van der Waals surface area contributed by atoms with E-state index in [0.29, 0.717) is 17.3 Å². The van der Waals surface area contributed by atoms with Crippen LogP contribution in [0.2, 0.25) is 0 Å². The van der Waals surface area contributed by atoms with Crippen LogP contribution < -0.4 is 0 Å². The molecule has 2 aromatic rings. The second-order valence-electron chi connectivity index (χ2n) is 10.8. The summed E-state index contributed by atoms with van der Waals surface area (Å²) in [7, 11) is 0. The number of likely N-dealkylation sites (tertiary alicyclic amines) is 2. The van der Waals surface area contributed by atoms with Crippen LogP contribution in [0.25, 0.3) is 5.69 Å². The number of piperidine rings is 2. The Kier molecular flexibility index (Phi) is 5.90. The molecule has 0 radical (unpaired) electrons. The number of aromatic nitrogens is 2. The number of rotatable bonds is 5. The van der Waals surface area contributed by atoms with Gasteiger partial charge in [-0.1, -0.05) is 12.5 Å². The first-order valence-electron chi connectivity index (χ1n) is 13.2. The first kappa shape index (κ1) is 23.1. The molecule has 6 rings (SSSR count). The molecule has 0 bridgehead atoms. The Balaban J connectivity index is 1.31. The number of benzene rings is 1. The lowest BCUT2D eigenvalue weighted by Crippen LogP contribution is -2.48. The fourth-order valence-corrected chi connectivity index (χ4v) is 5.93. The summed E-state index contributed by atoms with van der Waals surface area (Å²) in [5.41, 5.74) is 2.02. The molecular weight excluding hydrogens is 453 g/mol. The molecule has 5 nitrogen and oxygen atoms in total. The van der Waals surface area contributed by atoms with Gasteiger partial charge in [-0.25, -0.2) is 4.68 Å². The second kappa shape index (κ2) is 8.95. The first-order chi connectivity index (χ1) is 16.9. The molecule has 188 valence electrons. The fourth-order valence-electron chi connectivity index (χ4n) is 5.93. The van der Waals surface area contributed by atoms with E-state index in [-0.39, 0.29) is 17.7 Å². The molecule has 0 atom stereocenters. The zero-order valence-corrected chi connectivity index (χ0v) is 20.1. The van der Waals surface area contributed by atoms with Crippen LogP contribution in [0.1, 0.15) is 96.9 Å². The highest BCUT2D eigenvalue weighted by molar-refractivity contribution is 5.97. The Morgan fingerprint density at radius 1 is 0.886 bits per heavy atom. The summed E-state index contributed by atoms with van der Waals surface area (Å²) in [5.74, 6) is 0.461. The van der Waals surface area contributed by atoms with Crippen LogP contribution in [-0.2, 0) is 6.18 Å². The summed E-state index contributed by atoms with van der Waals surface area (Å²) in [5, 5.41) is 4.82. The van der Waals surface area contributed by atoms with Gasteiger partial charge in [-0.3, -0.25) is 4.79 Å². The van der Waals surface area contributed by atoms with Gasteiger partial charge in [0, 0.05) is 31.0 Å². The average molecular weight is 487 g/mol.